The van der Waals surface area contributed by atoms with E-state index < -0.39 is 0 Å². The highest BCUT2D eigenvalue weighted by Crippen LogP contribution is 2.52. The lowest BCUT2D eigenvalue weighted by molar-refractivity contribution is 0.520. The minimum atomic E-state index is 0.109. The molecular formula is C25H30S. The number of hydrogen-bond acceptors (Lipinski definition) is 1. The van der Waals surface area contributed by atoms with Gasteiger partial charge in [-0.05, 0) is 66.0 Å². The summed E-state index contributed by atoms with van der Waals surface area (Å²) in [7, 11) is 0. The van der Waals surface area contributed by atoms with Crippen LogP contribution in [0.2, 0.25) is 0 Å². The molecule has 3 rings (SSSR count). The quantitative estimate of drug-likeness (QED) is 0.485. The monoisotopic (exact) mass is 362 g/mol. The second kappa shape index (κ2) is 7.40. The first kappa shape index (κ1) is 18.9. The first-order valence-corrected chi connectivity index (χ1v) is 10.6. The van der Waals surface area contributed by atoms with Crippen LogP contribution in [0, 0.1) is 12.3 Å². The molecule has 1 aliphatic rings. The summed E-state index contributed by atoms with van der Waals surface area (Å²) in [5.41, 5.74) is 9.70. The van der Waals surface area contributed by atoms with Crippen molar-refractivity contribution in [2.45, 2.75) is 53.9 Å². The van der Waals surface area contributed by atoms with Crippen molar-refractivity contribution in [2.75, 3.05) is 0 Å². The molecule has 0 bridgehead atoms. The minimum Gasteiger partial charge on any atom is -0.143 e. The maximum absolute atomic E-state index is 4.37. The molecule has 0 amide bonds. The van der Waals surface area contributed by atoms with Crippen molar-refractivity contribution in [1.82, 2.24) is 0 Å². The maximum Gasteiger partial charge on any atom is 0.0348 e. The lowest BCUT2D eigenvalue weighted by atomic mass is 9.74. The second-order valence-corrected chi connectivity index (χ2v) is 8.61. The predicted octanol–water partition coefficient (Wildman–Crippen LogP) is 8.21. The van der Waals surface area contributed by atoms with Gasteiger partial charge in [0.1, 0.15) is 0 Å². The number of benzene rings is 1. The Labute approximate surface area is 163 Å². The number of aryl methyl sites for hydroxylation is 1. The predicted molar refractivity (Wildman–Crippen MR) is 118 cm³/mol. The van der Waals surface area contributed by atoms with Crippen molar-refractivity contribution in [3.63, 3.8) is 0 Å². The normalized spacial score (nSPS) is 19.8. The van der Waals surface area contributed by atoms with Gasteiger partial charge in [-0.3, -0.25) is 0 Å². The summed E-state index contributed by atoms with van der Waals surface area (Å²) in [4.78, 5) is 1.35. The van der Waals surface area contributed by atoms with Gasteiger partial charge in [-0.15, -0.1) is 11.3 Å². The van der Waals surface area contributed by atoms with Crippen LogP contribution in [-0.4, -0.2) is 0 Å². The average Bonchev–Trinajstić information content (AvgIpc) is 3.20. The molecule has 1 atom stereocenters. The molecule has 0 saturated heterocycles. The molecule has 26 heavy (non-hydrogen) atoms. The average molecular weight is 363 g/mol. The number of allylic oxidation sites excluding steroid dienone is 5. The molecule has 1 aliphatic carbocycles. The molecule has 0 spiro atoms. The van der Waals surface area contributed by atoms with Gasteiger partial charge in [-0.2, -0.15) is 0 Å². The van der Waals surface area contributed by atoms with Crippen molar-refractivity contribution in [3.05, 3.63) is 76.2 Å². The molecule has 1 heteroatoms. The molecule has 0 fully saturated rings. The van der Waals surface area contributed by atoms with Crippen molar-refractivity contribution in [1.29, 1.82) is 0 Å². The Kier molecular flexibility index (Phi) is 5.39. The van der Waals surface area contributed by atoms with Gasteiger partial charge < -0.3 is 0 Å². The zero-order chi connectivity index (χ0) is 18.9. The molecule has 2 aromatic rings. The Hall–Kier alpha value is -1.86. The Bertz CT molecular complexity index is 873. The highest BCUT2D eigenvalue weighted by molar-refractivity contribution is 7.13. The van der Waals surface area contributed by atoms with E-state index in [1.807, 2.05) is 11.3 Å². The molecule has 1 aromatic heterocycles. The molecule has 1 aromatic carbocycles. The maximum atomic E-state index is 4.37. The van der Waals surface area contributed by atoms with E-state index in [-0.39, 0.29) is 5.41 Å². The SMILES string of the molecule is C=C(CCC)C1=C(C)C(C)(CC)C(c2csc(-c3ccc(C)cc3)c2)=C1. The summed E-state index contributed by atoms with van der Waals surface area (Å²) in [5.74, 6) is 0. The van der Waals surface area contributed by atoms with Gasteiger partial charge in [-0.25, -0.2) is 0 Å². The van der Waals surface area contributed by atoms with Gasteiger partial charge >= 0.3 is 0 Å². The molecule has 0 radical (unpaired) electrons. The van der Waals surface area contributed by atoms with E-state index in [1.165, 1.54) is 43.9 Å². The molecule has 1 heterocycles. The lowest BCUT2D eigenvalue weighted by Crippen LogP contribution is -2.16. The van der Waals surface area contributed by atoms with Crippen LogP contribution in [0.4, 0.5) is 0 Å². The Balaban J connectivity index is 1.99. The summed E-state index contributed by atoms with van der Waals surface area (Å²) in [6.45, 7) is 15.7. The van der Waals surface area contributed by atoms with Crippen LogP contribution in [0.5, 0.6) is 0 Å². The van der Waals surface area contributed by atoms with E-state index in [2.05, 4.69) is 83.0 Å². The molecule has 0 aliphatic heterocycles. The van der Waals surface area contributed by atoms with Gasteiger partial charge in [0.15, 0.2) is 0 Å². The third-order valence-corrected chi connectivity index (χ3v) is 6.98. The summed E-state index contributed by atoms with van der Waals surface area (Å²) in [5, 5.41) is 2.33. The van der Waals surface area contributed by atoms with Gasteiger partial charge in [0.05, 0.1) is 0 Å². The van der Waals surface area contributed by atoms with E-state index in [4.69, 9.17) is 0 Å². The molecule has 136 valence electrons. The first-order chi connectivity index (χ1) is 12.4. The van der Waals surface area contributed by atoms with Crippen LogP contribution in [0.1, 0.15) is 58.1 Å². The van der Waals surface area contributed by atoms with Crippen molar-refractivity contribution >= 4 is 16.9 Å². The van der Waals surface area contributed by atoms with E-state index in [0.29, 0.717) is 0 Å². The fraction of sp³-hybridized carbons (Fsp3) is 0.360. The van der Waals surface area contributed by atoms with Crippen molar-refractivity contribution in [2.24, 2.45) is 5.41 Å². The van der Waals surface area contributed by atoms with Gasteiger partial charge in [0.2, 0.25) is 0 Å². The Morgan fingerprint density at radius 2 is 1.77 bits per heavy atom. The summed E-state index contributed by atoms with van der Waals surface area (Å²) in [6, 6.07) is 11.2. The van der Waals surface area contributed by atoms with E-state index in [1.54, 1.807) is 0 Å². The topological polar surface area (TPSA) is 0 Å². The van der Waals surface area contributed by atoms with E-state index in [0.717, 1.165) is 19.3 Å². The fourth-order valence-corrected chi connectivity index (χ4v) is 4.84. The number of hydrogen-bond donors (Lipinski definition) is 0. The summed E-state index contributed by atoms with van der Waals surface area (Å²) in [6.07, 6.45) is 5.76. The first-order valence-electron chi connectivity index (χ1n) is 9.68. The smallest absolute Gasteiger partial charge is 0.0348 e. The Morgan fingerprint density at radius 3 is 2.38 bits per heavy atom. The third kappa shape index (κ3) is 3.25. The van der Waals surface area contributed by atoms with Gasteiger partial charge in [0, 0.05) is 10.3 Å². The number of rotatable bonds is 6. The highest BCUT2D eigenvalue weighted by atomic mass is 32.1. The van der Waals surface area contributed by atoms with Crippen LogP contribution in [0.3, 0.4) is 0 Å². The zero-order valence-electron chi connectivity index (χ0n) is 16.8. The molecule has 0 saturated carbocycles. The standard InChI is InChI=1S/C25H30S/c1-7-9-18(4)22-15-23(25(6,8-2)19(22)5)21-14-24(26-16-21)20-12-10-17(3)11-13-20/h10-16H,4,7-9H2,1-3,5-6H3. The van der Waals surface area contributed by atoms with Crippen LogP contribution in [0.25, 0.3) is 16.0 Å². The van der Waals surface area contributed by atoms with Crippen LogP contribution < -0.4 is 0 Å². The third-order valence-electron chi connectivity index (χ3n) is 6.00. The molecular weight excluding hydrogens is 332 g/mol. The van der Waals surface area contributed by atoms with E-state index in [9.17, 15) is 0 Å². The lowest BCUT2D eigenvalue weighted by Gasteiger charge is -2.29. The van der Waals surface area contributed by atoms with Crippen LogP contribution in [-0.2, 0) is 0 Å². The van der Waals surface area contributed by atoms with Crippen molar-refractivity contribution in [3.8, 4) is 10.4 Å². The van der Waals surface area contributed by atoms with Crippen LogP contribution >= 0.6 is 11.3 Å². The van der Waals surface area contributed by atoms with E-state index >= 15 is 0 Å². The van der Waals surface area contributed by atoms with Crippen molar-refractivity contribution < 1.29 is 0 Å². The molecule has 0 N–H and O–H groups in total. The zero-order valence-corrected chi connectivity index (χ0v) is 17.6. The molecule has 0 nitrogen and oxygen atoms in total. The van der Waals surface area contributed by atoms with Gasteiger partial charge in [0.25, 0.3) is 0 Å². The second-order valence-electron chi connectivity index (χ2n) is 7.70. The minimum absolute atomic E-state index is 0.109. The molecule has 1 unspecified atom stereocenters. The summed E-state index contributed by atoms with van der Waals surface area (Å²) < 4.78 is 0. The van der Waals surface area contributed by atoms with Gasteiger partial charge in [-0.1, -0.05) is 75.2 Å². The highest BCUT2D eigenvalue weighted by Gasteiger charge is 2.36. The Morgan fingerprint density at radius 1 is 1.08 bits per heavy atom. The number of thiophene rings is 1. The van der Waals surface area contributed by atoms with Crippen LogP contribution in [0.15, 0.2) is 65.1 Å². The largest absolute Gasteiger partial charge is 0.143 e. The summed E-state index contributed by atoms with van der Waals surface area (Å²) >= 11 is 1.85. The fourth-order valence-electron chi connectivity index (χ4n) is 3.92.